The number of phenols is 1. The van der Waals surface area contributed by atoms with E-state index in [-0.39, 0.29) is 51.8 Å². The molecule has 0 radical (unpaired) electrons. The molecule has 422 valence electrons. The quantitative estimate of drug-likeness (QED) is 0.0267. The number of nitrogens with one attached hydrogen (secondary N) is 8. The minimum atomic E-state index is -1.73. The number of nitrogens with two attached hydrogens (primary N) is 1. The average Bonchev–Trinajstić information content (AvgIpc) is 3.84. The van der Waals surface area contributed by atoms with Gasteiger partial charge in [0, 0.05) is 12.8 Å². The monoisotopic (exact) mass is 1160 g/mol. The first kappa shape index (κ1) is 63.6. The molecule has 1 aliphatic rings. The number of aromatic hydroxyl groups is 1. The summed E-state index contributed by atoms with van der Waals surface area (Å²) in [5.74, 6) is -11.4. The van der Waals surface area contributed by atoms with Crippen LogP contribution in [-0.2, 0) is 56.0 Å². The number of aliphatic hydroxyl groups is 2. The normalized spacial score (nSPS) is 14.2. The fourth-order valence-corrected chi connectivity index (χ4v) is 8.67. The van der Waals surface area contributed by atoms with Crippen molar-refractivity contribution < 1.29 is 68.1 Å². The van der Waals surface area contributed by atoms with E-state index in [1.165, 1.54) is 24.3 Å². The molecular formula is C50H60Cl4N10O14. The SMILES string of the molecule is CC(C)C[C@H](NC(=O)[C@H](Cc1ccc(O)cc1)NC(=O)[C@H](CO)NC(=O)[C@H](Cc1ccccc1)NC(=O)CNC(=O)[C@@H](N)CC(C)C)C(=O)N[C@@H](CO)C(=O)NCC(=O)NCC(=O)N1C(=O)c2c(Cl)c(Cl)c(Cl)c(Cl)c2C1=O. The second-order valence-electron chi connectivity index (χ2n) is 18.7. The molecule has 1 heterocycles. The molecule has 0 saturated carbocycles. The number of carbonyl (C=O) groups is 11. The lowest BCUT2D eigenvalue weighted by molar-refractivity contribution is -0.136. The largest absolute Gasteiger partial charge is 0.508 e. The minimum Gasteiger partial charge on any atom is -0.508 e. The molecule has 0 fully saturated rings. The Bertz CT molecular complexity index is 2710. The molecule has 3 aromatic carbocycles. The van der Waals surface area contributed by atoms with Gasteiger partial charge in [-0.25, -0.2) is 4.90 Å². The Labute approximate surface area is 467 Å². The lowest BCUT2D eigenvalue weighted by atomic mass is 10.0. The van der Waals surface area contributed by atoms with Gasteiger partial charge in [0.15, 0.2) is 0 Å². The van der Waals surface area contributed by atoms with Crippen molar-refractivity contribution in [1.29, 1.82) is 0 Å². The van der Waals surface area contributed by atoms with Crippen LogP contribution in [-0.4, -0.2) is 154 Å². The maximum atomic E-state index is 14.2. The van der Waals surface area contributed by atoms with Gasteiger partial charge < -0.3 is 63.6 Å². The molecular weight excluding hydrogens is 1110 g/mol. The summed E-state index contributed by atoms with van der Waals surface area (Å²) in [4.78, 5) is 146. The highest BCUT2D eigenvalue weighted by molar-refractivity contribution is 6.55. The molecule has 13 N–H and O–H groups in total. The molecule has 0 unspecified atom stereocenters. The van der Waals surface area contributed by atoms with Gasteiger partial charge in [0.05, 0.1) is 70.1 Å². The van der Waals surface area contributed by atoms with E-state index >= 15 is 0 Å². The molecule has 78 heavy (non-hydrogen) atoms. The van der Waals surface area contributed by atoms with Gasteiger partial charge in [0.25, 0.3) is 17.7 Å². The molecule has 24 nitrogen and oxygen atoms in total. The highest BCUT2D eigenvalue weighted by Gasteiger charge is 2.45. The second kappa shape index (κ2) is 29.7. The number of benzene rings is 3. The summed E-state index contributed by atoms with van der Waals surface area (Å²) in [6.45, 7) is 2.80. The third kappa shape index (κ3) is 17.8. The zero-order chi connectivity index (χ0) is 58.1. The fraction of sp³-hybridized carbons (Fsp3) is 0.420. The van der Waals surface area contributed by atoms with Gasteiger partial charge >= 0.3 is 0 Å². The molecule has 11 amide bonds. The molecule has 0 aromatic heterocycles. The first-order valence-corrected chi connectivity index (χ1v) is 25.7. The number of rotatable bonds is 27. The molecule has 3 aromatic rings. The van der Waals surface area contributed by atoms with E-state index in [4.69, 9.17) is 52.1 Å². The van der Waals surface area contributed by atoms with Crippen molar-refractivity contribution in [3.8, 4) is 5.75 Å². The van der Waals surface area contributed by atoms with Crippen molar-refractivity contribution in [3.63, 3.8) is 0 Å². The Kier molecular flexibility index (Phi) is 24.2. The standard InChI is InChI=1S/C50H60Cl4N10O14/c1-23(2)14-28(55)43(71)57-19-35(69)59-30(16-25-8-6-5-7-9-25)46(74)63-33(22-66)48(76)61-31(17-26-10-12-27(67)13-11-26)47(75)60-29(15-24(3)4)45(73)62-32(21-65)44(72)58-18-34(68)56-20-36(70)64-49(77)37-38(50(64)78)40(52)42(54)41(53)39(37)51/h5-13,23-24,28-33,65-67H,14-22,55H2,1-4H3,(H,56,68)(H,57,71)(H,58,72)(H,59,69)(H,60,75)(H,61,76)(H,62,73)(H,63,74)/t28-,29-,30-,31-,32-,33-/m0/s1. The van der Waals surface area contributed by atoms with E-state index in [0.717, 1.165) is 0 Å². The van der Waals surface area contributed by atoms with Crippen LogP contribution < -0.4 is 48.3 Å². The van der Waals surface area contributed by atoms with Crippen LogP contribution in [0.15, 0.2) is 54.6 Å². The van der Waals surface area contributed by atoms with E-state index in [1.807, 2.05) is 13.8 Å². The third-order valence-corrected chi connectivity index (χ3v) is 13.4. The van der Waals surface area contributed by atoms with E-state index in [0.29, 0.717) is 17.5 Å². The topological polar surface area (TPSA) is 374 Å². The summed E-state index contributed by atoms with van der Waals surface area (Å²) in [5, 5.41) is 47.9. The Morgan fingerprint density at radius 2 is 0.923 bits per heavy atom. The number of phenolic OH excluding ortho intramolecular Hbond substituents is 1. The van der Waals surface area contributed by atoms with Crippen LogP contribution in [0.4, 0.5) is 0 Å². The minimum absolute atomic E-state index is 0.0719. The number of nitrogens with zero attached hydrogens (tertiary/aromatic N) is 1. The highest BCUT2D eigenvalue weighted by Crippen LogP contribution is 2.44. The van der Waals surface area contributed by atoms with Crippen molar-refractivity contribution in [2.75, 3.05) is 32.8 Å². The van der Waals surface area contributed by atoms with E-state index in [1.54, 1.807) is 44.2 Å². The maximum absolute atomic E-state index is 14.2. The van der Waals surface area contributed by atoms with Crippen LogP contribution in [0.25, 0.3) is 0 Å². The molecule has 28 heteroatoms. The predicted octanol–water partition coefficient (Wildman–Crippen LogP) is -0.209. The Hall–Kier alpha value is -6.93. The van der Waals surface area contributed by atoms with Crippen LogP contribution in [0.3, 0.4) is 0 Å². The Balaban J connectivity index is 1.43. The van der Waals surface area contributed by atoms with Gasteiger partial charge in [0.2, 0.25) is 47.3 Å². The highest BCUT2D eigenvalue weighted by atomic mass is 35.5. The maximum Gasteiger partial charge on any atom is 0.270 e. The lowest BCUT2D eigenvalue weighted by Crippen LogP contribution is -2.61. The first-order chi connectivity index (χ1) is 36.8. The molecule has 0 spiro atoms. The van der Waals surface area contributed by atoms with Crippen LogP contribution in [0.5, 0.6) is 5.75 Å². The van der Waals surface area contributed by atoms with Gasteiger partial charge in [-0.15, -0.1) is 0 Å². The van der Waals surface area contributed by atoms with Crippen LogP contribution >= 0.6 is 46.4 Å². The number of aliphatic hydroxyl groups excluding tert-OH is 2. The van der Waals surface area contributed by atoms with Crippen molar-refractivity contribution in [2.24, 2.45) is 17.6 Å². The third-order valence-electron chi connectivity index (χ3n) is 11.6. The van der Waals surface area contributed by atoms with E-state index in [9.17, 15) is 68.1 Å². The van der Waals surface area contributed by atoms with E-state index < -0.39 is 155 Å². The molecule has 4 rings (SSSR count). The van der Waals surface area contributed by atoms with Crippen LogP contribution in [0, 0.1) is 11.8 Å². The molecule has 0 saturated heterocycles. The number of carbonyl (C=O) groups excluding carboxylic acids is 11. The zero-order valence-electron chi connectivity index (χ0n) is 42.5. The molecule has 0 aliphatic carbocycles. The number of imide groups is 3. The molecule has 1 aliphatic heterocycles. The summed E-state index contributed by atoms with van der Waals surface area (Å²) in [6.07, 6.45) is -0.0885. The number of hydrogen-bond acceptors (Lipinski definition) is 15. The van der Waals surface area contributed by atoms with Crippen LogP contribution in [0.2, 0.25) is 20.1 Å². The average molecular weight is 1170 g/mol. The summed E-state index contributed by atoms with van der Waals surface area (Å²) in [6, 6.07) is 5.31. The van der Waals surface area contributed by atoms with Crippen molar-refractivity contribution >= 4 is 111 Å². The van der Waals surface area contributed by atoms with Gasteiger partial charge in [0.1, 0.15) is 36.0 Å². The first-order valence-electron chi connectivity index (χ1n) is 24.2. The predicted molar refractivity (Wildman–Crippen MR) is 284 cm³/mol. The van der Waals surface area contributed by atoms with Crippen molar-refractivity contribution in [2.45, 2.75) is 89.6 Å². The molecule has 6 atom stereocenters. The Morgan fingerprint density at radius 3 is 1.44 bits per heavy atom. The number of fused-ring (bicyclic) bond motifs is 1. The zero-order valence-corrected chi connectivity index (χ0v) is 45.6. The van der Waals surface area contributed by atoms with E-state index in [2.05, 4.69) is 42.5 Å². The summed E-state index contributed by atoms with van der Waals surface area (Å²) in [7, 11) is 0. The van der Waals surface area contributed by atoms with Gasteiger partial charge in [-0.3, -0.25) is 52.7 Å². The summed E-state index contributed by atoms with van der Waals surface area (Å²) < 4.78 is 0. The number of amides is 11. The number of halogens is 4. The Morgan fingerprint density at radius 1 is 0.500 bits per heavy atom. The summed E-state index contributed by atoms with van der Waals surface area (Å²) >= 11 is 24.2. The molecule has 0 bridgehead atoms. The van der Waals surface area contributed by atoms with Crippen LogP contribution in [0.1, 0.15) is 72.4 Å². The van der Waals surface area contributed by atoms with Crippen molar-refractivity contribution in [1.82, 2.24) is 47.4 Å². The van der Waals surface area contributed by atoms with Gasteiger partial charge in [-0.2, -0.15) is 0 Å². The van der Waals surface area contributed by atoms with Gasteiger partial charge in [-0.1, -0.05) is 117 Å². The van der Waals surface area contributed by atoms with Gasteiger partial charge in [-0.05, 0) is 47.9 Å². The second-order valence-corrected chi connectivity index (χ2v) is 20.2. The summed E-state index contributed by atoms with van der Waals surface area (Å²) in [5.41, 5.74) is 5.96. The number of hydrogen-bond donors (Lipinski definition) is 12. The lowest BCUT2D eigenvalue weighted by Gasteiger charge is -2.27. The fourth-order valence-electron chi connectivity index (χ4n) is 7.66. The smallest absolute Gasteiger partial charge is 0.270 e. The van der Waals surface area contributed by atoms with Crippen molar-refractivity contribution in [3.05, 3.63) is 96.9 Å².